The van der Waals surface area contributed by atoms with E-state index in [-0.39, 0.29) is 10.8 Å². The first-order chi connectivity index (χ1) is 6.12. The smallest absolute Gasteiger partial charge is 0.133 e. The van der Waals surface area contributed by atoms with Crippen LogP contribution in [0.2, 0.25) is 0 Å². The van der Waals surface area contributed by atoms with Gasteiger partial charge in [0, 0.05) is 12.8 Å². The fourth-order valence-electron chi connectivity index (χ4n) is 2.68. The average Bonchev–Trinajstić information content (AvgIpc) is 2.27. The van der Waals surface area contributed by atoms with Gasteiger partial charge in [0.25, 0.3) is 0 Å². The maximum atomic E-state index is 11.6. The second kappa shape index (κ2) is 3.36. The Bertz CT molecular complexity index is 203. The first-order valence-electron chi connectivity index (χ1n) is 5.64. The van der Waals surface area contributed by atoms with Gasteiger partial charge in [0.2, 0.25) is 0 Å². The van der Waals surface area contributed by atoms with Gasteiger partial charge in [-0.25, -0.2) is 0 Å². The Morgan fingerprint density at radius 3 is 1.36 bits per heavy atom. The minimum Gasteiger partial charge on any atom is -0.300 e. The van der Waals surface area contributed by atoms with Gasteiger partial charge in [-0.3, -0.25) is 4.79 Å². The predicted molar refractivity (Wildman–Crippen MR) is 60.1 cm³/mol. The number of rotatable bonds is 0. The molecule has 14 heavy (non-hydrogen) atoms. The molecule has 0 aromatic rings. The van der Waals surface area contributed by atoms with E-state index < -0.39 is 0 Å². The number of carbonyl (C=O) groups is 1. The molecule has 0 amide bonds. The second-order valence-electron chi connectivity index (χ2n) is 6.89. The molecular formula is C13H24O. The van der Waals surface area contributed by atoms with E-state index in [1.165, 1.54) is 0 Å². The zero-order valence-corrected chi connectivity index (χ0v) is 10.5. The van der Waals surface area contributed by atoms with Crippen LogP contribution in [0, 0.1) is 22.7 Å². The van der Waals surface area contributed by atoms with Crippen LogP contribution >= 0.6 is 0 Å². The lowest BCUT2D eigenvalue weighted by atomic mass is 9.66. The Balaban J connectivity index is 2.89. The minimum atomic E-state index is 0.268. The molecule has 0 aromatic carbocycles. The van der Waals surface area contributed by atoms with Gasteiger partial charge in [-0.1, -0.05) is 41.5 Å². The number of hydrogen-bond donors (Lipinski definition) is 0. The lowest BCUT2D eigenvalue weighted by Crippen LogP contribution is -2.32. The third kappa shape index (κ3) is 2.37. The normalized spacial score (nSPS) is 29.7. The summed E-state index contributed by atoms with van der Waals surface area (Å²) in [6.45, 7) is 13.6. The van der Waals surface area contributed by atoms with Crippen molar-refractivity contribution < 1.29 is 4.79 Å². The second-order valence-corrected chi connectivity index (χ2v) is 6.89. The molecule has 1 saturated carbocycles. The molecule has 0 heterocycles. The lowest BCUT2D eigenvalue weighted by Gasteiger charge is -2.38. The van der Waals surface area contributed by atoms with Crippen molar-refractivity contribution in [3.63, 3.8) is 0 Å². The van der Waals surface area contributed by atoms with Crippen LogP contribution in [0.1, 0.15) is 54.4 Å². The molecule has 1 fully saturated rings. The molecule has 0 radical (unpaired) electrons. The third-order valence-electron chi connectivity index (χ3n) is 3.61. The van der Waals surface area contributed by atoms with Crippen LogP contribution in [0.15, 0.2) is 0 Å². The molecule has 82 valence electrons. The highest BCUT2D eigenvalue weighted by Crippen LogP contribution is 2.49. The molecule has 1 aliphatic rings. The van der Waals surface area contributed by atoms with E-state index >= 15 is 0 Å². The molecule has 0 aliphatic heterocycles. The van der Waals surface area contributed by atoms with Crippen molar-refractivity contribution in [1.82, 2.24) is 0 Å². The molecule has 0 spiro atoms. The minimum absolute atomic E-state index is 0.268. The van der Waals surface area contributed by atoms with E-state index in [9.17, 15) is 4.79 Å². The molecule has 1 nitrogen and oxygen atoms in total. The number of ketones is 1. The average molecular weight is 196 g/mol. The van der Waals surface area contributed by atoms with Gasteiger partial charge >= 0.3 is 0 Å². The Morgan fingerprint density at radius 1 is 0.857 bits per heavy atom. The van der Waals surface area contributed by atoms with Crippen molar-refractivity contribution >= 4 is 5.78 Å². The molecule has 2 unspecified atom stereocenters. The molecule has 1 rings (SSSR count). The van der Waals surface area contributed by atoms with E-state index in [0.717, 1.165) is 12.8 Å². The van der Waals surface area contributed by atoms with Gasteiger partial charge in [-0.15, -0.1) is 0 Å². The quantitative estimate of drug-likeness (QED) is 0.577. The Kier molecular flexibility index (Phi) is 2.82. The Hall–Kier alpha value is -0.330. The Labute approximate surface area is 88.3 Å². The summed E-state index contributed by atoms with van der Waals surface area (Å²) in [5.41, 5.74) is 0.536. The van der Waals surface area contributed by atoms with E-state index in [2.05, 4.69) is 41.5 Å². The fourth-order valence-corrected chi connectivity index (χ4v) is 2.68. The summed E-state index contributed by atoms with van der Waals surface area (Å²) in [6.07, 6.45) is 1.59. The van der Waals surface area contributed by atoms with Crippen LogP contribution in [0.4, 0.5) is 0 Å². The van der Waals surface area contributed by atoms with E-state index in [1.54, 1.807) is 0 Å². The Morgan fingerprint density at radius 2 is 1.14 bits per heavy atom. The SMILES string of the molecule is CC(C)(C)C1CC(=O)CC1C(C)(C)C. The third-order valence-corrected chi connectivity index (χ3v) is 3.61. The first kappa shape index (κ1) is 11.7. The molecule has 0 bridgehead atoms. The van der Waals surface area contributed by atoms with Gasteiger partial charge in [0.05, 0.1) is 0 Å². The number of Topliss-reactive ketones (excluding diaryl/α,β-unsaturated/α-hetero) is 1. The summed E-state index contributed by atoms with van der Waals surface area (Å²) in [4.78, 5) is 11.6. The van der Waals surface area contributed by atoms with Crippen molar-refractivity contribution in [3.05, 3.63) is 0 Å². The molecule has 1 aliphatic carbocycles. The van der Waals surface area contributed by atoms with Gasteiger partial charge < -0.3 is 0 Å². The van der Waals surface area contributed by atoms with Crippen molar-refractivity contribution in [1.29, 1.82) is 0 Å². The molecule has 0 N–H and O–H groups in total. The fraction of sp³-hybridized carbons (Fsp3) is 0.923. The highest BCUT2D eigenvalue weighted by Gasteiger charge is 2.44. The standard InChI is InChI=1S/C13H24O/c1-12(2,3)10-7-9(14)8-11(10)13(4,5)6/h10-11H,7-8H2,1-6H3. The van der Waals surface area contributed by atoms with E-state index in [4.69, 9.17) is 0 Å². The van der Waals surface area contributed by atoms with Gasteiger partial charge in [0.1, 0.15) is 5.78 Å². The summed E-state index contributed by atoms with van der Waals surface area (Å²) in [6, 6.07) is 0. The van der Waals surface area contributed by atoms with Gasteiger partial charge in [0.15, 0.2) is 0 Å². The predicted octanol–water partition coefficient (Wildman–Crippen LogP) is 3.67. The van der Waals surface area contributed by atoms with Crippen LogP contribution < -0.4 is 0 Å². The van der Waals surface area contributed by atoms with Crippen molar-refractivity contribution in [2.24, 2.45) is 22.7 Å². The first-order valence-corrected chi connectivity index (χ1v) is 5.64. The number of carbonyl (C=O) groups excluding carboxylic acids is 1. The molecule has 1 heteroatoms. The van der Waals surface area contributed by atoms with Crippen LogP contribution in [0.25, 0.3) is 0 Å². The van der Waals surface area contributed by atoms with Crippen molar-refractivity contribution in [2.75, 3.05) is 0 Å². The molecule has 2 atom stereocenters. The topological polar surface area (TPSA) is 17.1 Å². The zero-order chi connectivity index (χ0) is 11.1. The monoisotopic (exact) mass is 196 g/mol. The molecule has 0 aromatic heterocycles. The summed E-state index contributed by atoms with van der Waals surface area (Å²) in [5, 5.41) is 0. The van der Waals surface area contributed by atoms with Gasteiger partial charge in [-0.2, -0.15) is 0 Å². The molecular weight excluding hydrogens is 172 g/mol. The lowest BCUT2D eigenvalue weighted by molar-refractivity contribution is -0.118. The maximum absolute atomic E-state index is 11.6. The van der Waals surface area contributed by atoms with Gasteiger partial charge in [-0.05, 0) is 22.7 Å². The van der Waals surface area contributed by atoms with Crippen LogP contribution in [0.5, 0.6) is 0 Å². The zero-order valence-electron chi connectivity index (χ0n) is 10.5. The summed E-state index contributed by atoms with van der Waals surface area (Å²) < 4.78 is 0. The van der Waals surface area contributed by atoms with Crippen molar-refractivity contribution in [3.8, 4) is 0 Å². The largest absolute Gasteiger partial charge is 0.300 e. The maximum Gasteiger partial charge on any atom is 0.133 e. The summed E-state index contributed by atoms with van der Waals surface area (Å²) >= 11 is 0. The van der Waals surface area contributed by atoms with Crippen LogP contribution in [0.3, 0.4) is 0 Å². The summed E-state index contributed by atoms with van der Waals surface area (Å²) in [5.74, 6) is 1.59. The molecule has 0 saturated heterocycles. The van der Waals surface area contributed by atoms with Crippen LogP contribution in [-0.4, -0.2) is 5.78 Å². The van der Waals surface area contributed by atoms with E-state index in [1.807, 2.05) is 0 Å². The van der Waals surface area contributed by atoms with Crippen LogP contribution in [-0.2, 0) is 4.79 Å². The van der Waals surface area contributed by atoms with E-state index in [0.29, 0.717) is 17.6 Å². The highest BCUT2D eigenvalue weighted by molar-refractivity contribution is 5.81. The summed E-state index contributed by atoms with van der Waals surface area (Å²) in [7, 11) is 0. The number of hydrogen-bond acceptors (Lipinski definition) is 1. The van der Waals surface area contributed by atoms with Crippen molar-refractivity contribution in [2.45, 2.75) is 54.4 Å². The highest BCUT2D eigenvalue weighted by atomic mass is 16.1.